The molecular formula is C36H52FNO2. The second-order valence-electron chi connectivity index (χ2n) is 10.3. The van der Waals surface area contributed by atoms with E-state index in [1.807, 2.05) is 32.1 Å². The van der Waals surface area contributed by atoms with E-state index in [0.29, 0.717) is 17.7 Å². The standard InChI is InChI=1S/C28H32FNO2.C5H12.C3H8/c1-6-8-21-9-12-23(29)16-26(21)25(20(5)31)17-27-18(3)28(19(4)30-27)22-10-13-24(14-11-22)32-15-7-2;1-3-5-4-2;1-3-2/h9-14,16-17,30H,6-8,15H2,1-5H3;3-5H2,1-2H3;3H2,1-2H3/b25-17-;;. The molecule has 40 heavy (non-hydrogen) atoms. The number of ether oxygens (including phenoxy) is 1. The fraction of sp³-hybridized carbons (Fsp3) is 0.472. The minimum absolute atomic E-state index is 0.0846. The minimum Gasteiger partial charge on any atom is -0.494 e. The summed E-state index contributed by atoms with van der Waals surface area (Å²) in [5.41, 5.74) is 7.30. The van der Waals surface area contributed by atoms with Gasteiger partial charge in [-0.3, -0.25) is 4.79 Å². The number of aromatic nitrogens is 1. The molecular weight excluding hydrogens is 497 g/mol. The molecule has 4 heteroatoms. The molecule has 1 aromatic heterocycles. The molecule has 0 spiro atoms. The first-order valence-corrected chi connectivity index (χ1v) is 15.1. The molecule has 1 heterocycles. The summed E-state index contributed by atoms with van der Waals surface area (Å²) in [6.45, 7) is 19.1. The lowest BCUT2D eigenvalue weighted by Gasteiger charge is -2.11. The van der Waals surface area contributed by atoms with Gasteiger partial charge in [-0.05, 0) is 86.2 Å². The Morgan fingerprint density at radius 2 is 1.52 bits per heavy atom. The van der Waals surface area contributed by atoms with E-state index in [-0.39, 0.29) is 11.6 Å². The van der Waals surface area contributed by atoms with Crippen molar-refractivity contribution in [2.45, 2.75) is 107 Å². The van der Waals surface area contributed by atoms with Crippen LogP contribution in [0.25, 0.3) is 22.8 Å². The van der Waals surface area contributed by atoms with Crippen LogP contribution in [0.5, 0.6) is 5.75 Å². The van der Waals surface area contributed by atoms with E-state index in [9.17, 15) is 9.18 Å². The van der Waals surface area contributed by atoms with Crippen LogP contribution in [0, 0.1) is 19.7 Å². The van der Waals surface area contributed by atoms with Crippen LogP contribution in [0.1, 0.15) is 115 Å². The maximum absolute atomic E-state index is 14.1. The fourth-order valence-electron chi connectivity index (χ4n) is 4.44. The van der Waals surface area contributed by atoms with Gasteiger partial charge in [0, 0.05) is 22.5 Å². The molecule has 0 aliphatic carbocycles. The number of unbranched alkanes of at least 4 members (excludes halogenated alkanes) is 2. The Hall–Kier alpha value is -3.14. The Morgan fingerprint density at radius 3 is 2.02 bits per heavy atom. The van der Waals surface area contributed by atoms with Crippen LogP contribution in [-0.2, 0) is 11.2 Å². The smallest absolute Gasteiger partial charge is 0.160 e. The summed E-state index contributed by atoms with van der Waals surface area (Å²) in [6, 6.07) is 12.8. The van der Waals surface area contributed by atoms with E-state index in [1.165, 1.54) is 44.7 Å². The first-order valence-electron chi connectivity index (χ1n) is 15.1. The van der Waals surface area contributed by atoms with Crippen LogP contribution in [0.3, 0.4) is 0 Å². The van der Waals surface area contributed by atoms with Crippen LogP contribution in [0.15, 0.2) is 42.5 Å². The number of nitrogens with one attached hydrogen (secondary N) is 1. The Morgan fingerprint density at radius 1 is 0.900 bits per heavy atom. The molecule has 0 fully saturated rings. The third kappa shape index (κ3) is 10.8. The molecule has 1 N–H and O–H groups in total. The summed E-state index contributed by atoms with van der Waals surface area (Å²) in [6.07, 6.45) is 9.87. The molecule has 0 aliphatic rings. The second-order valence-corrected chi connectivity index (χ2v) is 10.3. The number of halogens is 1. The van der Waals surface area contributed by atoms with Gasteiger partial charge >= 0.3 is 0 Å². The number of hydrogen-bond acceptors (Lipinski definition) is 2. The van der Waals surface area contributed by atoms with Crippen LogP contribution in [0.4, 0.5) is 4.39 Å². The summed E-state index contributed by atoms with van der Waals surface area (Å²) in [5, 5.41) is 0. The van der Waals surface area contributed by atoms with E-state index in [4.69, 9.17) is 4.74 Å². The third-order valence-corrected chi connectivity index (χ3v) is 6.35. The quantitative estimate of drug-likeness (QED) is 0.242. The molecule has 0 amide bonds. The average molecular weight is 550 g/mol. The molecule has 0 atom stereocenters. The number of rotatable bonds is 11. The van der Waals surface area contributed by atoms with Crippen molar-refractivity contribution >= 4 is 17.4 Å². The SMILES string of the molecule is CCC.CCCCC.CCCOc1ccc(-c2c(C)[nH]c(/C=C(/C(C)=O)c3cc(F)ccc3CCC)c2C)cc1. The summed E-state index contributed by atoms with van der Waals surface area (Å²) in [7, 11) is 0. The van der Waals surface area contributed by atoms with Gasteiger partial charge < -0.3 is 9.72 Å². The number of carbonyl (C=O) groups excluding carboxylic acids is 1. The molecule has 0 saturated heterocycles. The summed E-state index contributed by atoms with van der Waals surface area (Å²) >= 11 is 0. The highest BCUT2D eigenvalue weighted by Crippen LogP contribution is 2.33. The maximum Gasteiger partial charge on any atom is 0.160 e. The lowest BCUT2D eigenvalue weighted by Crippen LogP contribution is -2.02. The molecule has 0 radical (unpaired) electrons. The van der Waals surface area contributed by atoms with Crippen molar-refractivity contribution in [3.05, 3.63) is 76.4 Å². The van der Waals surface area contributed by atoms with Crippen molar-refractivity contribution in [2.75, 3.05) is 6.61 Å². The van der Waals surface area contributed by atoms with Gasteiger partial charge in [0.05, 0.1) is 6.61 Å². The molecule has 0 saturated carbocycles. The van der Waals surface area contributed by atoms with Crippen molar-refractivity contribution in [1.82, 2.24) is 4.98 Å². The zero-order valence-electron chi connectivity index (χ0n) is 26.5. The number of allylic oxidation sites excluding steroid dienone is 1. The first-order chi connectivity index (χ1) is 19.2. The molecule has 3 nitrogen and oxygen atoms in total. The zero-order valence-corrected chi connectivity index (χ0v) is 26.5. The van der Waals surface area contributed by atoms with Crippen LogP contribution in [-0.4, -0.2) is 17.4 Å². The summed E-state index contributed by atoms with van der Waals surface area (Å²) in [5.74, 6) is 0.436. The number of benzene rings is 2. The highest BCUT2D eigenvalue weighted by Gasteiger charge is 2.17. The Balaban J connectivity index is 0.000000884. The highest BCUT2D eigenvalue weighted by molar-refractivity contribution is 6.24. The lowest BCUT2D eigenvalue weighted by atomic mass is 9.93. The number of Topliss-reactive ketones (excluding diaryl/α,β-unsaturated/α-hetero) is 1. The lowest BCUT2D eigenvalue weighted by molar-refractivity contribution is -0.111. The fourth-order valence-corrected chi connectivity index (χ4v) is 4.44. The first kappa shape index (κ1) is 34.9. The molecule has 3 aromatic rings. The van der Waals surface area contributed by atoms with E-state index in [1.54, 1.807) is 6.07 Å². The number of aromatic amines is 1. The van der Waals surface area contributed by atoms with Gasteiger partial charge in [-0.25, -0.2) is 4.39 Å². The minimum atomic E-state index is -0.336. The number of H-pyrrole nitrogens is 1. The van der Waals surface area contributed by atoms with Crippen LogP contribution in [0.2, 0.25) is 0 Å². The molecule has 220 valence electrons. The number of ketones is 1. The van der Waals surface area contributed by atoms with Gasteiger partial charge in [-0.1, -0.05) is 91.8 Å². The molecule has 2 aromatic carbocycles. The van der Waals surface area contributed by atoms with Crippen molar-refractivity contribution in [3.8, 4) is 16.9 Å². The average Bonchev–Trinajstić information content (AvgIpc) is 3.21. The van der Waals surface area contributed by atoms with Gasteiger partial charge in [-0.2, -0.15) is 0 Å². The Labute approximate surface area is 243 Å². The van der Waals surface area contributed by atoms with Crippen molar-refractivity contribution in [1.29, 1.82) is 0 Å². The molecule has 0 unspecified atom stereocenters. The van der Waals surface area contributed by atoms with E-state index in [2.05, 4.69) is 58.7 Å². The van der Waals surface area contributed by atoms with E-state index >= 15 is 0 Å². The predicted octanol–water partition coefficient (Wildman–Crippen LogP) is 10.9. The molecule has 0 aliphatic heterocycles. The molecule has 3 rings (SSSR count). The van der Waals surface area contributed by atoms with Gasteiger partial charge in [0.2, 0.25) is 0 Å². The third-order valence-electron chi connectivity index (χ3n) is 6.35. The monoisotopic (exact) mass is 549 g/mol. The number of aryl methyl sites for hydroxylation is 2. The molecule has 0 bridgehead atoms. The van der Waals surface area contributed by atoms with Crippen molar-refractivity contribution in [3.63, 3.8) is 0 Å². The Kier molecular flexibility index (Phi) is 16.6. The highest BCUT2D eigenvalue weighted by atomic mass is 19.1. The van der Waals surface area contributed by atoms with Crippen LogP contribution < -0.4 is 4.74 Å². The number of carbonyl (C=O) groups is 1. The topological polar surface area (TPSA) is 42.1 Å². The normalized spacial score (nSPS) is 10.8. The van der Waals surface area contributed by atoms with E-state index in [0.717, 1.165) is 58.7 Å². The van der Waals surface area contributed by atoms with Gasteiger partial charge in [0.15, 0.2) is 5.78 Å². The van der Waals surface area contributed by atoms with E-state index < -0.39 is 0 Å². The second kappa shape index (κ2) is 19.0. The largest absolute Gasteiger partial charge is 0.494 e. The zero-order chi connectivity index (χ0) is 30.1. The van der Waals surface area contributed by atoms with Gasteiger partial charge in [-0.15, -0.1) is 0 Å². The number of hydrogen-bond donors (Lipinski definition) is 1. The van der Waals surface area contributed by atoms with Gasteiger partial charge in [0.1, 0.15) is 11.6 Å². The van der Waals surface area contributed by atoms with Crippen molar-refractivity contribution < 1.29 is 13.9 Å². The summed E-state index contributed by atoms with van der Waals surface area (Å²) < 4.78 is 19.8. The maximum atomic E-state index is 14.1. The van der Waals surface area contributed by atoms with Crippen molar-refractivity contribution in [2.24, 2.45) is 0 Å². The predicted molar refractivity (Wildman–Crippen MR) is 172 cm³/mol. The van der Waals surface area contributed by atoms with Gasteiger partial charge in [0.25, 0.3) is 0 Å². The summed E-state index contributed by atoms with van der Waals surface area (Å²) in [4.78, 5) is 16.0. The Bertz CT molecular complexity index is 1190. The van der Waals surface area contributed by atoms with Crippen LogP contribution >= 0.6 is 0 Å².